The highest BCUT2D eigenvalue weighted by molar-refractivity contribution is 6.29. The molecule has 0 amide bonds. The summed E-state index contributed by atoms with van der Waals surface area (Å²) in [5.41, 5.74) is 0.594. The van der Waals surface area contributed by atoms with Crippen LogP contribution in [0.1, 0.15) is 72.5 Å². The van der Waals surface area contributed by atoms with Crippen molar-refractivity contribution in [3.8, 4) is 0 Å². The maximum absolute atomic E-state index is 15.0. The molecule has 9 heteroatoms. The highest BCUT2D eigenvalue weighted by atomic mass is 35.5. The number of fused-ring (bicyclic) bond motifs is 3. The number of aromatic nitrogens is 3. The van der Waals surface area contributed by atoms with Crippen LogP contribution in [0, 0.1) is 6.92 Å². The lowest BCUT2D eigenvalue weighted by Gasteiger charge is -2.28. The summed E-state index contributed by atoms with van der Waals surface area (Å²) in [4.78, 5) is 34.0. The van der Waals surface area contributed by atoms with Gasteiger partial charge in [0.25, 0.3) is 5.56 Å². The Labute approximate surface area is 201 Å². The Morgan fingerprint density at radius 1 is 1.24 bits per heavy atom. The smallest absolute Gasteiger partial charge is 0.356 e. The Kier molecular flexibility index (Phi) is 5.20. The lowest BCUT2D eigenvalue weighted by Crippen LogP contribution is -2.33. The van der Waals surface area contributed by atoms with Crippen LogP contribution in [-0.4, -0.2) is 31.3 Å². The third kappa shape index (κ3) is 3.55. The van der Waals surface area contributed by atoms with E-state index < -0.39 is 17.1 Å². The standard InChI is InChI=1S/C25H26ClFN4O3/c1-13-10-15(14(2)28-17-4-5-18(26)29-20(17)22(33)34)19-16(11-13)21(32)31(3)23(30-19)24-6-8-25(27,12-24)9-7-24/h4-5,10-11,14,28H,6-9,12H2,1-3H3,(H,33,34)/t14-,24?,25?/m1/s1. The number of rotatable bonds is 5. The summed E-state index contributed by atoms with van der Waals surface area (Å²) in [5.74, 6) is -0.560. The first-order valence-electron chi connectivity index (χ1n) is 11.4. The van der Waals surface area contributed by atoms with E-state index >= 15 is 4.39 Å². The lowest BCUT2D eigenvalue weighted by atomic mass is 9.83. The lowest BCUT2D eigenvalue weighted by molar-refractivity contribution is 0.0691. The zero-order chi connectivity index (χ0) is 24.4. The van der Waals surface area contributed by atoms with E-state index in [1.54, 1.807) is 17.7 Å². The largest absolute Gasteiger partial charge is 0.476 e. The van der Waals surface area contributed by atoms with Crippen LogP contribution in [0.15, 0.2) is 29.1 Å². The second-order valence-corrected chi connectivity index (χ2v) is 10.2. The third-order valence-corrected chi connectivity index (χ3v) is 7.70. The fourth-order valence-electron chi connectivity index (χ4n) is 5.82. The fourth-order valence-corrected chi connectivity index (χ4v) is 5.97. The molecule has 7 nitrogen and oxygen atoms in total. The van der Waals surface area contributed by atoms with Crippen molar-refractivity contribution < 1.29 is 14.3 Å². The zero-order valence-electron chi connectivity index (χ0n) is 19.3. The highest BCUT2D eigenvalue weighted by Gasteiger charge is 2.57. The number of nitrogens with zero attached hydrogens (tertiary/aromatic N) is 3. The summed E-state index contributed by atoms with van der Waals surface area (Å²) in [6.07, 6.45) is 2.77. The van der Waals surface area contributed by atoms with Crippen LogP contribution in [0.25, 0.3) is 10.9 Å². The molecule has 1 atom stereocenters. The first-order chi connectivity index (χ1) is 16.0. The van der Waals surface area contributed by atoms with Crippen molar-refractivity contribution in [3.05, 3.63) is 62.4 Å². The van der Waals surface area contributed by atoms with Gasteiger partial charge in [-0.15, -0.1) is 0 Å². The number of anilines is 1. The molecule has 34 heavy (non-hydrogen) atoms. The number of aromatic carboxylic acids is 1. The number of halogens is 2. The molecule has 0 unspecified atom stereocenters. The number of hydrogen-bond acceptors (Lipinski definition) is 5. The van der Waals surface area contributed by atoms with Gasteiger partial charge < -0.3 is 10.4 Å². The van der Waals surface area contributed by atoms with E-state index in [0.717, 1.165) is 11.1 Å². The van der Waals surface area contributed by atoms with Gasteiger partial charge in [-0.3, -0.25) is 9.36 Å². The van der Waals surface area contributed by atoms with Gasteiger partial charge in [0.05, 0.1) is 22.6 Å². The molecule has 2 saturated carbocycles. The molecule has 178 valence electrons. The molecule has 2 N–H and O–H groups in total. The van der Waals surface area contributed by atoms with Crippen LogP contribution in [0.4, 0.5) is 10.1 Å². The molecule has 3 aromatic rings. The monoisotopic (exact) mass is 484 g/mol. The number of benzene rings is 1. The molecular weight excluding hydrogens is 459 g/mol. The van der Waals surface area contributed by atoms with Gasteiger partial charge in [-0.25, -0.2) is 19.2 Å². The van der Waals surface area contributed by atoms with Gasteiger partial charge in [0, 0.05) is 18.0 Å². The van der Waals surface area contributed by atoms with E-state index in [9.17, 15) is 14.7 Å². The number of alkyl halides is 1. The van der Waals surface area contributed by atoms with Gasteiger partial charge in [0.1, 0.15) is 16.6 Å². The van der Waals surface area contributed by atoms with Crippen LogP contribution in [-0.2, 0) is 12.5 Å². The summed E-state index contributed by atoms with van der Waals surface area (Å²) in [5, 5.41) is 13.3. The SMILES string of the molecule is Cc1cc([C@@H](C)Nc2ccc(Cl)nc2C(=O)O)c2nc(C34CCC(F)(CC3)C4)n(C)c(=O)c2c1. The molecule has 2 bridgehead atoms. The maximum atomic E-state index is 15.0. The molecular formula is C25H26ClFN4O3. The minimum Gasteiger partial charge on any atom is -0.476 e. The number of carboxylic acid groups (broad SMARTS) is 1. The van der Waals surface area contributed by atoms with Gasteiger partial charge >= 0.3 is 5.97 Å². The van der Waals surface area contributed by atoms with Gasteiger partial charge in [-0.2, -0.15) is 0 Å². The van der Waals surface area contributed by atoms with Gasteiger partial charge in [-0.05, 0) is 69.7 Å². The third-order valence-electron chi connectivity index (χ3n) is 7.49. The minimum atomic E-state index is -1.20. The molecule has 2 fully saturated rings. The summed E-state index contributed by atoms with van der Waals surface area (Å²) in [7, 11) is 1.72. The Morgan fingerprint density at radius 3 is 2.56 bits per heavy atom. The van der Waals surface area contributed by atoms with E-state index in [-0.39, 0.29) is 22.4 Å². The molecule has 1 aromatic carbocycles. The number of carbonyl (C=O) groups is 1. The van der Waals surface area contributed by atoms with Crippen molar-refractivity contribution in [3.63, 3.8) is 0 Å². The summed E-state index contributed by atoms with van der Waals surface area (Å²) in [6.45, 7) is 3.78. The average Bonchev–Trinajstić information content (AvgIpc) is 3.31. The van der Waals surface area contributed by atoms with Crippen LogP contribution < -0.4 is 10.9 Å². The topological polar surface area (TPSA) is 97.1 Å². The Morgan fingerprint density at radius 2 is 1.94 bits per heavy atom. The summed E-state index contributed by atoms with van der Waals surface area (Å²) >= 11 is 5.89. The Bertz CT molecular complexity index is 1400. The number of hydrogen-bond donors (Lipinski definition) is 2. The van der Waals surface area contributed by atoms with Gasteiger partial charge in [-0.1, -0.05) is 17.7 Å². The van der Waals surface area contributed by atoms with Crippen molar-refractivity contribution in [2.75, 3.05) is 5.32 Å². The summed E-state index contributed by atoms with van der Waals surface area (Å²) in [6, 6.07) is 6.47. The molecule has 2 aromatic heterocycles. The van der Waals surface area contributed by atoms with Gasteiger partial charge in [0.15, 0.2) is 5.69 Å². The average molecular weight is 485 g/mol. The first-order valence-corrected chi connectivity index (χ1v) is 11.8. The quantitative estimate of drug-likeness (QED) is 0.490. The molecule has 2 heterocycles. The van der Waals surface area contributed by atoms with E-state index in [1.807, 2.05) is 26.0 Å². The first kappa shape index (κ1) is 22.8. The number of pyridine rings is 1. The normalized spacial score (nSPS) is 24.5. The van der Waals surface area contributed by atoms with Crippen molar-refractivity contribution in [1.29, 1.82) is 0 Å². The van der Waals surface area contributed by atoms with E-state index in [1.165, 1.54) is 6.07 Å². The number of aryl methyl sites for hydroxylation is 1. The van der Waals surface area contributed by atoms with Gasteiger partial charge in [0.2, 0.25) is 0 Å². The minimum absolute atomic E-state index is 0.0859. The molecule has 0 saturated heterocycles. The van der Waals surface area contributed by atoms with Crippen molar-refractivity contribution in [2.24, 2.45) is 7.05 Å². The second-order valence-electron chi connectivity index (χ2n) is 9.86. The van der Waals surface area contributed by atoms with Crippen molar-refractivity contribution in [1.82, 2.24) is 14.5 Å². The van der Waals surface area contributed by atoms with Crippen LogP contribution in [0.5, 0.6) is 0 Å². The number of carboxylic acids is 1. The Balaban J connectivity index is 1.64. The fraction of sp³-hybridized carbons (Fsp3) is 0.440. The van der Waals surface area contributed by atoms with Crippen LogP contribution in [0.3, 0.4) is 0 Å². The zero-order valence-corrected chi connectivity index (χ0v) is 20.0. The van der Waals surface area contributed by atoms with Crippen molar-refractivity contribution in [2.45, 2.75) is 63.1 Å². The second kappa shape index (κ2) is 7.77. The van der Waals surface area contributed by atoms with E-state index in [4.69, 9.17) is 16.6 Å². The molecule has 2 aliphatic carbocycles. The van der Waals surface area contributed by atoms with Crippen LogP contribution >= 0.6 is 11.6 Å². The molecule has 0 aliphatic heterocycles. The molecule has 2 aliphatic rings. The van der Waals surface area contributed by atoms with E-state index in [2.05, 4.69) is 10.3 Å². The predicted octanol–water partition coefficient (Wildman–Crippen LogP) is 5.09. The highest BCUT2D eigenvalue weighted by Crippen LogP contribution is 2.58. The number of nitrogens with one attached hydrogen (secondary N) is 1. The van der Waals surface area contributed by atoms with Crippen molar-refractivity contribution >= 4 is 34.2 Å². The molecule has 0 spiro atoms. The predicted molar refractivity (Wildman–Crippen MR) is 129 cm³/mol. The van der Waals surface area contributed by atoms with Crippen LogP contribution in [0.2, 0.25) is 5.15 Å². The Hall–Kier alpha value is -3.00. The summed E-state index contributed by atoms with van der Waals surface area (Å²) < 4.78 is 16.6. The van der Waals surface area contributed by atoms with E-state index in [0.29, 0.717) is 54.5 Å². The molecule has 5 rings (SSSR count). The molecule has 0 radical (unpaired) electrons. The maximum Gasteiger partial charge on any atom is 0.356 e.